The van der Waals surface area contributed by atoms with Crippen LogP contribution in [0.2, 0.25) is 0 Å². The van der Waals surface area contributed by atoms with E-state index >= 15 is 0 Å². The number of rotatable bonds is 4. The lowest BCUT2D eigenvalue weighted by atomic mass is 9.96. The average Bonchev–Trinajstić information content (AvgIpc) is 2.40. The van der Waals surface area contributed by atoms with Crippen molar-refractivity contribution in [3.8, 4) is 5.75 Å². The first-order valence-electron chi connectivity index (χ1n) is 6.74. The van der Waals surface area contributed by atoms with Crippen LogP contribution in [0.15, 0.2) is 6.20 Å². The average molecular weight is 263 g/mol. The number of carbonyl (C=O) groups excluding carboxylic acids is 1. The van der Waals surface area contributed by atoms with Crippen LogP contribution < -0.4 is 4.74 Å². The third-order valence-corrected chi connectivity index (χ3v) is 3.70. The molecule has 1 aliphatic carbocycles. The number of hydrogen-bond acceptors (Lipinski definition) is 4. The molecule has 19 heavy (non-hydrogen) atoms. The highest BCUT2D eigenvalue weighted by atomic mass is 16.5. The van der Waals surface area contributed by atoms with E-state index in [0.29, 0.717) is 25.2 Å². The Morgan fingerprint density at radius 2 is 2.00 bits per heavy atom. The molecule has 0 unspecified atom stereocenters. The van der Waals surface area contributed by atoms with Gasteiger partial charge in [-0.2, -0.15) is 0 Å². The Bertz CT molecular complexity index is 461. The lowest BCUT2D eigenvalue weighted by molar-refractivity contribution is -0.123. The second-order valence-electron chi connectivity index (χ2n) is 5.10. The zero-order valence-corrected chi connectivity index (χ0v) is 11.9. The highest BCUT2D eigenvalue weighted by molar-refractivity contribution is 5.79. The second-order valence-corrected chi connectivity index (χ2v) is 5.10. The van der Waals surface area contributed by atoms with Gasteiger partial charge >= 0.3 is 0 Å². The van der Waals surface area contributed by atoms with E-state index in [1.54, 1.807) is 7.11 Å². The fourth-order valence-corrected chi connectivity index (χ4v) is 2.49. The van der Waals surface area contributed by atoms with E-state index in [1.165, 1.54) is 0 Å². The number of aromatic nitrogens is 1. The number of ether oxygens (including phenoxy) is 2. The summed E-state index contributed by atoms with van der Waals surface area (Å²) in [5.41, 5.74) is 2.99. The van der Waals surface area contributed by atoms with Crippen LogP contribution in [0.3, 0.4) is 0 Å². The molecule has 4 heteroatoms. The van der Waals surface area contributed by atoms with Crippen molar-refractivity contribution in [2.75, 3.05) is 7.11 Å². The maximum Gasteiger partial charge on any atom is 0.133 e. The first-order valence-corrected chi connectivity index (χ1v) is 6.74. The lowest BCUT2D eigenvalue weighted by Crippen LogP contribution is -2.21. The summed E-state index contributed by atoms with van der Waals surface area (Å²) in [6, 6.07) is 0. The zero-order chi connectivity index (χ0) is 13.8. The minimum absolute atomic E-state index is 0.186. The molecule has 0 radical (unpaired) electrons. The molecule has 4 nitrogen and oxygen atoms in total. The number of carbonyl (C=O) groups is 1. The number of ketones is 1. The summed E-state index contributed by atoms with van der Waals surface area (Å²) in [5.74, 6) is 1.23. The smallest absolute Gasteiger partial charge is 0.133 e. The monoisotopic (exact) mass is 263 g/mol. The molecule has 0 bridgehead atoms. The van der Waals surface area contributed by atoms with Gasteiger partial charge in [-0.15, -0.1) is 0 Å². The van der Waals surface area contributed by atoms with Crippen LogP contribution in [0, 0.1) is 13.8 Å². The van der Waals surface area contributed by atoms with Crippen molar-refractivity contribution < 1.29 is 14.3 Å². The predicted molar refractivity (Wildman–Crippen MR) is 72.3 cm³/mol. The van der Waals surface area contributed by atoms with Gasteiger partial charge in [0.25, 0.3) is 0 Å². The van der Waals surface area contributed by atoms with Gasteiger partial charge in [-0.3, -0.25) is 9.78 Å². The number of methoxy groups -OCH3 is 1. The molecule has 0 saturated heterocycles. The largest absolute Gasteiger partial charge is 0.496 e. The normalized spacial score (nSPS) is 16.7. The van der Waals surface area contributed by atoms with Crippen LogP contribution in [0.1, 0.15) is 42.5 Å². The van der Waals surface area contributed by atoms with Crippen LogP contribution in [0.25, 0.3) is 0 Å². The number of pyridine rings is 1. The van der Waals surface area contributed by atoms with E-state index in [-0.39, 0.29) is 6.10 Å². The van der Waals surface area contributed by atoms with Gasteiger partial charge in [0.2, 0.25) is 0 Å². The highest BCUT2D eigenvalue weighted by Gasteiger charge is 2.20. The predicted octanol–water partition coefficient (Wildman–Crippen LogP) is 2.74. The molecule has 2 rings (SSSR count). The standard InChI is InChI=1S/C15H21NO3/c1-10-8-16-14(11(2)15(10)18-3)9-19-13-6-4-12(17)5-7-13/h8,13H,4-7,9H2,1-3H3. The number of Topliss-reactive ketones (excluding diaryl/α,β-unsaturated/α-hetero) is 1. The van der Waals surface area contributed by atoms with E-state index < -0.39 is 0 Å². The van der Waals surface area contributed by atoms with Crippen molar-refractivity contribution >= 4 is 5.78 Å². The van der Waals surface area contributed by atoms with Gasteiger partial charge in [-0.25, -0.2) is 0 Å². The summed E-state index contributed by atoms with van der Waals surface area (Å²) in [7, 11) is 1.67. The Balaban J connectivity index is 1.98. The van der Waals surface area contributed by atoms with Crippen molar-refractivity contribution in [2.45, 2.75) is 52.2 Å². The summed E-state index contributed by atoms with van der Waals surface area (Å²) in [4.78, 5) is 15.6. The summed E-state index contributed by atoms with van der Waals surface area (Å²) >= 11 is 0. The minimum atomic E-state index is 0.186. The van der Waals surface area contributed by atoms with Gasteiger partial charge in [0.1, 0.15) is 11.5 Å². The quantitative estimate of drug-likeness (QED) is 0.838. The number of nitrogens with zero attached hydrogens (tertiary/aromatic N) is 1. The van der Waals surface area contributed by atoms with Gasteiger partial charge < -0.3 is 9.47 Å². The Morgan fingerprint density at radius 3 is 2.63 bits per heavy atom. The van der Waals surface area contributed by atoms with Gasteiger partial charge in [0.15, 0.2) is 0 Å². The zero-order valence-electron chi connectivity index (χ0n) is 11.9. The van der Waals surface area contributed by atoms with Crippen molar-refractivity contribution in [3.05, 3.63) is 23.0 Å². The Morgan fingerprint density at radius 1 is 1.32 bits per heavy atom. The minimum Gasteiger partial charge on any atom is -0.496 e. The number of hydrogen-bond donors (Lipinski definition) is 0. The Labute approximate surface area is 114 Å². The molecule has 0 aromatic carbocycles. The molecule has 1 fully saturated rings. The Hall–Kier alpha value is -1.42. The topological polar surface area (TPSA) is 48.4 Å². The molecule has 0 atom stereocenters. The van der Waals surface area contributed by atoms with E-state index in [0.717, 1.165) is 35.4 Å². The second kappa shape index (κ2) is 6.15. The molecule has 1 saturated carbocycles. The molecule has 0 spiro atoms. The first kappa shape index (κ1) is 14.0. The van der Waals surface area contributed by atoms with E-state index in [4.69, 9.17) is 9.47 Å². The molecule has 1 aliphatic rings. The maximum absolute atomic E-state index is 11.2. The molecule has 0 N–H and O–H groups in total. The van der Waals surface area contributed by atoms with E-state index in [9.17, 15) is 4.79 Å². The molecule has 0 amide bonds. The Kier molecular flexibility index (Phi) is 4.53. The molecule has 104 valence electrons. The fraction of sp³-hybridized carbons (Fsp3) is 0.600. The third kappa shape index (κ3) is 3.32. The van der Waals surface area contributed by atoms with Crippen molar-refractivity contribution in [1.29, 1.82) is 0 Å². The summed E-state index contributed by atoms with van der Waals surface area (Å²) in [5, 5.41) is 0. The van der Waals surface area contributed by atoms with Crippen molar-refractivity contribution in [2.24, 2.45) is 0 Å². The van der Waals surface area contributed by atoms with Crippen LogP contribution in [0.4, 0.5) is 0 Å². The van der Waals surface area contributed by atoms with E-state index in [1.807, 2.05) is 20.0 Å². The highest BCUT2D eigenvalue weighted by Crippen LogP contribution is 2.25. The molecule has 1 aromatic heterocycles. The van der Waals surface area contributed by atoms with Crippen LogP contribution in [-0.4, -0.2) is 24.0 Å². The van der Waals surface area contributed by atoms with Gasteiger partial charge in [0, 0.05) is 30.2 Å². The maximum atomic E-state index is 11.2. The summed E-state index contributed by atoms with van der Waals surface area (Å²) in [6.07, 6.45) is 4.96. The fourth-order valence-electron chi connectivity index (χ4n) is 2.49. The molecule has 1 heterocycles. The number of aryl methyl sites for hydroxylation is 1. The lowest BCUT2D eigenvalue weighted by Gasteiger charge is -2.22. The van der Waals surface area contributed by atoms with Crippen LogP contribution >= 0.6 is 0 Å². The van der Waals surface area contributed by atoms with Gasteiger partial charge in [0.05, 0.1) is 25.5 Å². The molecular weight excluding hydrogens is 242 g/mol. The van der Waals surface area contributed by atoms with Crippen molar-refractivity contribution in [1.82, 2.24) is 4.98 Å². The van der Waals surface area contributed by atoms with Crippen LogP contribution in [-0.2, 0) is 16.1 Å². The third-order valence-electron chi connectivity index (χ3n) is 3.70. The molecule has 1 aromatic rings. The van der Waals surface area contributed by atoms with Gasteiger partial charge in [-0.05, 0) is 26.7 Å². The summed E-state index contributed by atoms with van der Waals surface area (Å²) in [6.45, 7) is 4.47. The molecule has 0 aliphatic heterocycles. The van der Waals surface area contributed by atoms with Gasteiger partial charge in [-0.1, -0.05) is 0 Å². The van der Waals surface area contributed by atoms with Crippen molar-refractivity contribution in [3.63, 3.8) is 0 Å². The SMILES string of the molecule is COc1c(C)cnc(COC2CCC(=O)CC2)c1C. The first-order chi connectivity index (χ1) is 9.11. The van der Waals surface area contributed by atoms with Crippen LogP contribution in [0.5, 0.6) is 5.75 Å². The molecular formula is C15H21NO3. The van der Waals surface area contributed by atoms with E-state index in [2.05, 4.69) is 4.98 Å². The summed E-state index contributed by atoms with van der Waals surface area (Å²) < 4.78 is 11.2.